The molecule has 0 aliphatic heterocycles. The molecule has 8 nitrogen and oxygen atoms in total. The van der Waals surface area contributed by atoms with Crippen LogP contribution in [0.5, 0.6) is 0 Å². The van der Waals surface area contributed by atoms with Crippen molar-refractivity contribution in [3.8, 4) is 5.69 Å². The second-order valence-electron chi connectivity index (χ2n) is 9.27. The van der Waals surface area contributed by atoms with Gasteiger partial charge in [0.15, 0.2) is 0 Å². The van der Waals surface area contributed by atoms with Crippen molar-refractivity contribution in [1.82, 2.24) is 14.9 Å². The fourth-order valence-corrected chi connectivity index (χ4v) is 4.02. The second kappa shape index (κ2) is 9.14. The number of benzene rings is 1. The lowest BCUT2D eigenvalue weighted by molar-refractivity contribution is 0.0544. The molecule has 1 aliphatic rings. The topological polar surface area (TPSA) is 111 Å². The maximum Gasteiger partial charge on any atom is 0.411 e. The number of carbonyl (C=O) groups is 2. The standard InChI is InChI=1S/C25H22F3N3O5/c1-25(2,3)36-24(35)29-18-6-4-5-13(18)20-17(28)10-14-21(32)15(23(33)34)11-31(22(14)30-20)19-8-7-12(26)9-16(19)27/h7-11H,4-6H2,1-3H3,(H,29,35)(H,33,34). The molecule has 11 heteroatoms. The molecule has 0 unspecified atom stereocenters. The lowest BCUT2D eigenvalue weighted by Gasteiger charge is -2.20. The SMILES string of the molecule is CC(C)(C)OC(=O)NC1=C(c2nc3c(cc2F)c(=O)c(C(=O)O)cn3-c2ccc(F)cc2F)CCC1. The van der Waals surface area contributed by atoms with Crippen LogP contribution in [-0.2, 0) is 4.74 Å². The van der Waals surface area contributed by atoms with Crippen LogP contribution >= 0.6 is 0 Å². The molecule has 1 aromatic carbocycles. The highest BCUT2D eigenvalue weighted by molar-refractivity contribution is 5.93. The van der Waals surface area contributed by atoms with Crippen LogP contribution in [0.3, 0.4) is 0 Å². The van der Waals surface area contributed by atoms with Crippen LogP contribution in [0.15, 0.2) is 41.0 Å². The van der Waals surface area contributed by atoms with E-state index in [2.05, 4.69) is 10.3 Å². The molecule has 0 saturated carbocycles. The monoisotopic (exact) mass is 501 g/mol. The number of allylic oxidation sites excluding steroid dienone is 2. The third kappa shape index (κ3) is 4.81. The van der Waals surface area contributed by atoms with Gasteiger partial charge in [-0.15, -0.1) is 0 Å². The number of carboxylic acids is 1. The summed E-state index contributed by atoms with van der Waals surface area (Å²) >= 11 is 0. The Labute approximate surface area is 203 Å². The summed E-state index contributed by atoms with van der Waals surface area (Å²) < 4.78 is 49.7. The number of carboxylic acid groups (broad SMARTS) is 1. The predicted octanol–water partition coefficient (Wildman–Crippen LogP) is 4.92. The van der Waals surface area contributed by atoms with Crippen molar-refractivity contribution in [3.05, 3.63) is 75.1 Å². The summed E-state index contributed by atoms with van der Waals surface area (Å²) in [5, 5.41) is 11.7. The summed E-state index contributed by atoms with van der Waals surface area (Å²) in [6.45, 7) is 5.08. The van der Waals surface area contributed by atoms with Gasteiger partial charge in [0.1, 0.15) is 40.0 Å². The number of rotatable bonds is 4. The van der Waals surface area contributed by atoms with Gasteiger partial charge in [-0.25, -0.2) is 27.7 Å². The van der Waals surface area contributed by atoms with Gasteiger partial charge in [0, 0.05) is 23.5 Å². The number of pyridine rings is 2. The highest BCUT2D eigenvalue weighted by Crippen LogP contribution is 2.34. The quantitative estimate of drug-likeness (QED) is 0.525. The second-order valence-corrected chi connectivity index (χ2v) is 9.27. The first-order valence-electron chi connectivity index (χ1n) is 11.0. The summed E-state index contributed by atoms with van der Waals surface area (Å²) in [5.41, 5.74) is -2.48. The molecule has 188 valence electrons. The van der Waals surface area contributed by atoms with Gasteiger partial charge in [0.2, 0.25) is 5.43 Å². The van der Waals surface area contributed by atoms with E-state index in [9.17, 15) is 28.3 Å². The minimum Gasteiger partial charge on any atom is -0.477 e. The van der Waals surface area contributed by atoms with E-state index < -0.39 is 51.5 Å². The molecule has 1 aliphatic carbocycles. The van der Waals surface area contributed by atoms with Crippen molar-refractivity contribution in [1.29, 1.82) is 0 Å². The summed E-state index contributed by atoms with van der Waals surface area (Å²) in [6.07, 6.45) is 1.47. The Balaban J connectivity index is 1.94. The molecule has 0 fully saturated rings. The zero-order chi connectivity index (χ0) is 26.4. The molecule has 0 saturated heterocycles. The number of nitrogens with zero attached hydrogens (tertiary/aromatic N) is 2. The first kappa shape index (κ1) is 25.0. The Morgan fingerprint density at radius 1 is 1.11 bits per heavy atom. The summed E-state index contributed by atoms with van der Waals surface area (Å²) in [5.74, 6) is -4.44. The van der Waals surface area contributed by atoms with E-state index in [1.54, 1.807) is 20.8 Å². The first-order valence-corrected chi connectivity index (χ1v) is 11.0. The van der Waals surface area contributed by atoms with Crippen LogP contribution in [0.1, 0.15) is 56.1 Å². The van der Waals surface area contributed by atoms with Crippen LogP contribution in [0.2, 0.25) is 0 Å². The highest BCUT2D eigenvalue weighted by Gasteiger charge is 2.26. The van der Waals surface area contributed by atoms with Gasteiger partial charge in [-0.05, 0) is 58.2 Å². The normalized spacial score (nSPS) is 13.8. The molecule has 0 bridgehead atoms. The average Bonchev–Trinajstić information content (AvgIpc) is 3.20. The van der Waals surface area contributed by atoms with Crippen LogP contribution in [0, 0.1) is 17.5 Å². The Kier molecular flexibility index (Phi) is 6.33. The summed E-state index contributed by atoms with van der Waals surface area (Å²) in [6, 6.07) is 3.43. The van der Waals surface area contributed by atoms with E-state index in [1.807, 2.05) is 0 Å². The van der Waals surface area contributed by atoms with Gasteiger partial charge < -0.3 is 9.84 Å². The molecule has 0 atom stereocenters. The predicted molar refractivity (Wildman–Crippen MR) is 124 cm³/mol. The number of amides is 1. The molecule has 2 N–H and O–H groups in total. The number of nitrogens with one attached hydrogen (secondary N) is 1. The zero-order valence-electron chi connectivity index (χ0n) is 19.6. The van der Waals surface area contributed by atoms with Gasteiger partial charge in [0.05, 0.1) is 11.1 Å². The van der Waals surface area contributed by atoms with Crippen LogP contribution in [-0.4, -0.2) is 32.3 Å². The van der Waals surface area contributed by atoms with E-state index in [1.165, 1.54) is 0 Å². The van der Waals surface area contributed by atoms with E-state index in [4.69, 9.17) is 4.74 Å². The number of aromatic nitrogens is 2. The lowest BCUT2D eigenvalue weighted by Crippen LogP contribution is -2.32. The van der Waals surface area contributed by atoms with E-state index in [0.717, 1.165) is 29.0 Å². The Bertz CT molecular complexity index is 1510. The van der Waals surface area contributed by atoms with Gasteiger partial charge >= 0.3 is 12.1 Å². The largest absolute Gasteiger partial charge is 0.477 e. The van der Waals surface area contributed by atoms with Crippen LogP contribution in [0.4, 0.5) is 18.0 Å². The molecule has 3 aromatic rings. The number of carbonyl (C=O) groups excluding carboxylic acids is 1. The summed E-state index contributed by atoms with van der Waals surface area (Å²) in [4.78, 5) is 41.0. The third-order valence-electron chi connectivity index (χ3n) is 5.49. The maximum atomic E-state index is 15.3. The number of ether oxygens (including phenoxy) is 1. The molecule has 0 radical (unpaired) electrons. The van der Waals surface area contributed by atoms with Crippen LogP contribution in [0.25, 0.3) is 22.3 Å². The molecule has 2 heterocycles. The van der Waals surface area contributed by atoms with Crippen molar-refractivity contribution >= 4 is 28.7 Å². The van der Waals surface area contributed by atoms with Crippen molar-refractivity contribution in [3.63, 3.8) is 0 Å². The van der Waals surface area contributed by atoms with Crippen molar-refractivity contribution in [2.75, 3.05) is 0 Å². The Hall–Kier alpha value is -4.15. The van der Waals surface area contributed by atoms with Crippen molar-refractivity contribution < 1.29 is 32.6 Å². The van der Waals surface area contributed by atoms with E-state index in [0.29, 0.717) is 36.6 Å². The third-order valence-corrected chi connectivity index (χ3v) is 5.49. The van der Waals surface area contributed by atoms with Gasteiger partial charge in [0.25, 0.3) is 0 Å². The van der Waals surface area contributed by atoms with Gasteiger partial charge in [-0.3, -0.25) is 14.7 Å². The number of hydrogen-bond donors (Lipinski definition) is 2. The number of aromatic carboxylic acids is 1. The molecule has 0 spiro atoms. The molecular weight excluding hydrogens is 479 g/mol. The highest BCUT2D eigenvalue weighted by atomic mass is 19.1. The molecule has 4 rings (SSSR count). The smallest absolute Gasteiger partial charge is 0.411 e. The minimum absolute atomic E-state index is 0.190. The van der Waals surface area contributed by atoms with Crippen molar-refractivity contribution in [2.45, 2.75) is 45.6 Å². The first-order chi connectivity index (χ1) is 16.9. The maximum absolute atomic E-state index is 15.3. The van der Waals surface area contributed by atoms with Gasteiger partial charge in [-0.2, -0.15) is 0 Å². The Morgan fingerprint density at radius 3 is 2.47 bits per heavy atom. The minimum atomic E-state index is -1.61. The van der Waals surface area contributed by atoms with E-state index in [-0.39, 0.29) is 17.0 Å². The number of alkyl carbamates (subject to hydrolysis) is 1. The summed E-state index contributed by atoms with van der Waals surface area (Å²) in [7, 11) is 0. The zero-order valence-corrected chi connectivity index (χ0v) is 19.6. The number of halogens is 3. The van der Waals surface area contributed by atoms with Gasteiger partial charge in [-0.1, -0.05) is 0 Å². The fraction of sp³-hybridized carbons (Fsp3) is 0.280. The van der Waals surface area contributed by atoms with Crippen molar-refractivity contribution in [2.24, 2.45) is 0 Å². The average molecular weight is 501 g/mol. The molecule has 36 heavy (non-hydrogen) atoms. The number of hydrogen-bond acceptors (Lipinski definition) is 5. The molecule has 1 amide bonds. The molecule has 2 aromatic heterocycles. The lowest BCUT2D eigenvalue weighted by atomic mass is 10.1. The van der Waals surface area contributed by atoms with Crippen LogP contribution < -0.4 is 10.7 Å². The Morgan fingerprint density at radius 2 is 1.83 bits per heavy atom. The molecular formula is C25H22F3N3O5. The number of fused-ring (bicyclic) bond motifs is 1. The fourth-order valence-electron chi connectivity index (χ4n) is 4.02. The van der Waals surface area contributed by atoms with E-state index >= 15 is 4.39 Å².